The summed E-state index contributed by atoms with van der Waals surface area (Å²) in [7, 11) is 0. The summed E-state index contributed by atoms with van der Waals surface area (Å²) in [5.41, 5.74) is 0.766. The summed E-state index contributed by atoms with van der Waals surface area (Å²) in [4.78, 5) is 4.03. The van der Waals surface area contributed by atoms with Gasteiger partial charge in [0, 0.05) is 6.20 Å². The lowest BCUT2D eigenvalue weighted by Gasteiger charge is -2.04. The minimum absolute atomic E-state index is 0.289. The molecule has 1 heterocycles. The van der Waals surface area contributed by atoms with E-state index in [1.807, 2.05) is 13.8 Å². The number of pyridine rings is 1. The molecule has 0 fully saturated rings. The molecule has 0 atom stereocenters. The summed E-state index contributed by atoms with van der Waals surface area (Å²) in [5.74, 6) is 0.582. The SMILES string of the molecule is CC(C)c1ncccc1O. The molecule has 0 aliphatic carbocycles. The van der Waals surface area contributed by atoms with E-state index in [1.54, 1.807) is 18.3 Å². The van der Waals surface area contributed by atoms with Gasteiger partial charge in [-0.3, -0.25) is 4.98 Å². The van der Waals surface area contributed by atoms with E-state index in [9.17, 15) is 5.11 Å². The van der Waals surface area contributed by atoms with Crippen LogP contribution in [0.25, 0.3) is 0 Å². The highest BCUT2D eigenvalue weighted by molar-refractivity contribution is 5.27. The van der Waals surface area contributed by atoms with Gasteiger partial charge in [-0.15, -0.1) is 0 Å². The van der Waals surface area contributed by atoms with E-state index in [4.69, 9.17) is 0 Å². The molecule has 1 aromatic heterocycles. The zero-order chi connectivity index (χ0) is 7.56. The summed E-state index contributed by atoms with van der Waals surface area (Å²) in [6.07, 6.45) is 1.69. The second-order valence-corrected chi connectivity index (χ2v) is 2.56. The predicted molar refractivity (Wildman–Crippen MR) is 40.0 cm³/mol. The fraction of sp³-hybridized carbons (Fsp3) is 0.375. The summed E-state index contributed by atoms with van der Waals surface area (Å²) >= 11 is 0. The number of aromatic hydroxyl groups is 1. The molecule has 54 valence electrons. The number of rotatable bonds is 1. The van der Waals surface area contributed by atoms with Crippen molar-refractivity contribution >= 4 is 0 Å². The van der Waals surface area contributed by atoms with Crippen LogP contribution in [0.5, 0.6) is 5.75 Å². The van der Waals surface area contributed by atoms with Gasteiger partial charge < -0.3 is 5.11 Å². The van der Waals surface area contributed by atoms with E-state index < -0.39 is 0 Å². The molecule has 0 saturated heterocycles. The van der Waals surface area contributed by atoms with Crippen molar-refractivity contribution in [2.45, 2.75) is 19.8 Å². The second kappa shape index (κ2) is 2.69. The van der Waals surface area contributed by atoms with Crippen LogP contribution in [0.1, 0.15) is 25.5 Å². The molecule has 0 saturated carbocycles. The number of hydrogen-bond donors (Lipinski definition) is 1. The smallest absolute Gasteiger partial charge is 0.137 e. The third-order valence-electron chi connectivity index (χ3n) is 1.36. The molecule has 0 aliphatic rings. The Bertz CT molecular complexity index is 220. The van der Waals surface area contributed by atoms with Crippen molar-refractivity contribution in [3.05, 3.63) is 24.0 Å². The van der Waals surface area contributed by atoms with Crippen LogP contribution in [0.15, 0.2) is 18.3 Å². The van der Waals surface area contributed by atoms with Gasteiger partial charge in [0.2, 0.25) is 0 Å². The number of nitrogens with zero attached hydrogens (tertiary/aromatic N) is 1. The van der Waals surface area contributed by atoms with Gasteiger partial charge in [0.25, 0.3) is 0 Å². The molecule has 2 nitrogen and oxygen atoms in total. The van der Waals surface area contributed by atoms with Crippen molar-refractivity contribution < 1.29 is 5.11 Å². The minimum atomic E-state index is 0.289. The first-order valence-corrected chi connectivity index (χ1v) is 3.35. The Morgan fingerprint density at radius 1 is 1.50 bits per heavy atom. The topological polar surface area (TPSA) is 33.1 Å². The van der Waals surface area contributed by atoms with Crippen molar-refractivity contribution in [1.29, 1.82) is 0 Å². The van der Waals surface area contributed by atoms with Gasteiger partial charge in [-0.1, -0.05) is 13.8 Å². The van der Waals surface area contributed by atoms with E-state index >= 15 is 0 Å². The van der Waals surface area contributed by atoms with E-state index in [2.05, 4.69) is 4.98 Å². The maximum Gasteiger partial charge on any atom is 0.137 e. The third kappa shape index (κ3) is 1.26. The number of hydrogen-bond acceptors (Lipinski definition) is 2. The molecule has 10 heavy (non-hydrogen) atoms. The van der Waals surface area contributed by atoms with Gasteiger partial charge in [0.15, 0.2) is 0 Å². The average Bonchev–Trinajstić information content (AvgIpc) is 1.88. The molecular weight excluding hydrogens is 126 g/mol. The normalized spacial score (nSPS) is 10.3. The van der Waals surface area contributed by atoms with Crippen LogP contribution in [0.2, 0.25) is 0 Å². The van der Waals surface area contributed by atoms with Crippen LogP contribution < -0.4 is 0 Å². The highest BCUT2D eigenvalue weighted by atomic mass is 16.3. The molecule has 0 bridgehead atoms. The lowest BCUT2D eigenvalue weighted by molar-refractivity contribution is 0.460. The quantitative estimate of drug-likeness (QED) is 0.641. The van der Waals surface area contributed by atoms with Gasteiger partial charge in [0.1, 0.15) is 5.75 Å². The van der Waals surface area contributed by atoms with Crippen LogP contribution >= 0.6 is 0 Å². The van der Waals surface area contributed by atoms with Crippen molar-refractivity contribution in [1.82, 2.24) is 4.98 Å². The van der Waals surface area contributed by atoms with Crippen molar-refractivity contribution in [3.8, 4) is 5.75 Å². The molecule has 0 amide bonds. The Labute approximate surface area is 60.5 Å². The number of aromatic nitrogens is 1. The fourth-order valence-corrected chi connectivity index (χ4v) is 0.854. The maximum absolute atomic E-state index is 9.22. The Kier molecular flexibility index (Phi) is 1.90. The van der Waals surface area contributed by atoms with Crippen LogP contribution in [-0.4, -0.2) is 10.1 Å². The standard InChI is InChI=1S/C8H11NO/c1-6(2)8-7(10)4-3-5-9-8/h3-6,10H,1-2H3. The zero-order valence-corrected chi connectivity index (χ0v) is 6.20. The molecule has 0 aromatic carbocycles. The van der Waals surface area contributed by atoms with Gasteiger partial charge >= 0.3 is 0 Å². The molecule has 0 radical (unpaired) electrons. The van der Waals surface area contributed by atoms with Crippen LogP contribution in [-0.2, 0) is 0 Å². The van der Waals surface area contributed by atoms with E-state index in [0.29, 0.717) is 5.92 Å². The van der Waals surface area contributed by atoms with Gasteiger partial charge in [-0.2, -0.15) is 0 Å². The summed E-state index contributed by atoms with van der Waals surface area (Å²) in [6.45, 7) is 4.00. The average molecular weight is 137 g/mol. The summed E-state index contributed by atoms with van der Waals surface area (Å²) in [6, 6.07) is 3.38. The van der Waals surface area contributed by atoms with Crippen molar-refractivity contribution in [2.75, 3.05) is 0 Å². The van der Waals surface area contributed by atoms with Crippen molar-refractivity contribution in [3.63, 3.8) is 0 Å². The maximum atomic E-state index is 9.22. The molecule has 2 heteroatoms. The largest absolute Gasteiger partial charge is 0.506 e. The molecule has 1 aromatic rings. The Morgan fingerprint density at radius 3 is 2.60 bits per heavy atom. The first kappa shape index (κ1) is 7.06. The lowest BCUT2D eigenvalue weighted by atomic mass is 10.1. The van der Waals surface area contributed by atoms with Gasteiger partial charge in [-0.25, -0.2) is 0 Å². The van der Waals surface area contributed by atoms with Crippen LogP contribution in [0.4, 0.5) is 0 Å². The summed E-state index contributed by atoms with van der Waals surface area (Å²) < 4.78 is 0. The van der Waals surface area contributed by atoms with Gasteiger partial charge in [0.05, 0.1) is 5.69 Å². The Balaban J connectivity index is 3.03. The zero-order valence-electron chi connectivity index (χ0n) is 6.20. The first-order valence-electron chi connectivity index (χ1n) is 3.35. The highest BCUT2D eigenvalue weighted by Gasteiger charge is 2.04. The predicted octanol–water partition coefficient (Wildman–Crippen LogP) is 1.91. The highest BCUT2D eigenvalue weighted by Crippen LogP contribution is 2.20. The summed E-state index contributed by atoms with van der Waals surface area (Å²) in [5, 5.41) is 9.22. The molecular formula is C8H11NO. The molecule has 1 rings (SSSR count). The first-order chi connectivity index (χ1) is 4.72. The molecule has 0 spiro atoms. The van der Waals surface area contributed by atoms with Crippen LogP contribution in [0.3, 0.4) is 0 Å². The monoisotopic (exact) mass is 137 g/mol. The van der Waals surface area contributed by atoms with E-state index in [1.165, 1.54) is 0 Å². The fourth-order valence-electron chi connectivity index (χ4n) is 0.854. The van der Waals surface area contributed by atoms with Crippen LogP contribution in [0, 0.1) is 0 Å². The molecule has 0 aliphatic heterocycles. The Hall–Kier alpha value is -1.05. The van der Waals surface area contributed by atoms with Gasteiger partial charge in [-0.05, 0) is 18.1 Å². The molecule has 0 unspecified atom stereocenters. The minimum Gasteiger partial charge on any atom is -0.506 e. The Morgan fingerprint density at radius 2 is 2.20 bits per heavy atom. The lowest BCUT2D eigenvalue weighted by Crippen LogP contribution is -1.90. The van der Waals surface area contributed by atoms with Crippen molar-refractivity contribution in [2.24, 2.45) is 0 Å². The molecule has 1 N–H and O–H groups in total. The van der Waals surface area contributed by atoms with E-state index in [0.717, 1.165) is 5.69 Å². The second-order valence-electron chi connectivity index (χ2n) is 2.56. The third-order valence-corrected chi connectivity index (χ3v) is 1.36. The van der Waals surface area contributed by atoms with E-state index in [-0.39, 0.29) is 5.75 Å².